The van der Waals surface area contributed by atoms with E-state index in [0.717, 1.165) is 30.3 Å². The predicted molar refractivity (Wildman–Crippen MR) is 75.2 cm³/mol. The molecule has 4 nitrogen and oxygen atoms in total. The van der Waals surface area contributed by atoms with Crippen molar-refractivity contribution in [1.82, 2.24) is 20.4 Å². The van der Waals surface area contributed by atoms with Crippen LogP contribution in [0.4, 0.5) is 0 Å². The maximum atomic E-state index is 5.15. The number of rotatable bonds is 5. The molecular weight excluding hydrogens is 232 g/mol. The maximum absolute atomic E-state index is 5.15. The second-order valence-electron chi connectivity index (χ2n) is 4.56. The first-order chi connectivity index (χ1) is 7.99. The van der Waals surface area contributed by atoms with Crippen molar-refractivity contribution < 1.29 is 0 Å². The van der Waals surface area contributed by atoms with Crippen LogP contribution in [0.3, 0.4) is 0 Å². The lowest BCUT2D eigenvalue weighted by molar-refractivity contribution is 0.555. The van der Waals surface area contributed by atoms with E-state index < -0.39 is 0 Å². The molecule has 96 valence electrons. The maximum Gasteiger partial charge on any atom is 0.166 e. The van der Waals surface area contributed by atoms with Gasteiger partial charge in [0.15, 0.2) is 5.11 Å². The second kappa shape index (κ2) is 6.59. The Morgan fingerprint density at radius 3 is 2.71 bits per heavy atom. The van der Waals surface area contributed by atoms with Crippen molar-refractivity contribution in [3.63, 3.8) is 0 Å². The quantitative estimate of drug-likeness (QED) is 0.621. The van der Waals surface area contributed by atoms with Crippen molar-refractivity contribution in [2.24, 2.45) is 0 Å². The molecule has 0 saturated carbocycles. The van der Waals surface area contributed by atoms with Crippen LogP contribution in [-0.2, 0) is 6.54 Å². The fraction of sp³-hybridized carbons (Fsp3) is 0.667. The first-order valence-corrected chi connectivity index (χ1v) is 6.45. The molecule has 0 aromatic carbocycles. The van der Waals surface area contributed by atoms with Crippen LogP contribution in [-0.4, -0.2) is 27.5 Å². The highest BCUT2D eigenvalue weighted by molar-refractivity contribution is 7.80. The summed E-state index contributed by atoms with van der Waals surface area (Å²) in [7, 11) is 0. The lowest BCUT2D eigenvalue weighted by Gasteiger charge is -2.13. The number of nitrogens with zero attached hydrogens (tertiary/aromatic N) is 2. The summed E-state index contributed by atoms with van der Waals surface area (Å²) in [6, 6.07) is 2.48. The third-order valence-corrected chi connectivity index (χ3v) is 2.62. The molecule has 17 heavy (non-hydrogen) atoms. The van der Waals surface area contributed by atoms with Gasteiger partial charge in [-0.15, -0.1) is 0 Å². The molecule has 0 unspecified atom stereocenters. The van der Waals surface area contributed by atoms with Crippen LogP contribution in [0.15, 0.2) is 6.07 Å². The summed E-state index contributed by atoms with van der Waals surface area (Å²) in [5.41, 5.74) is 2.29. The highest BCUT2D eigenvalue weighted by Crippen LogP contribution is 2.02. The SMILES string of the molecule is Cc1cc(C)n(CCCNC(=S)NC(C)C)n1. The van der Waals surface area contributed by atoms with Crippen LogP contribution in [0.5, 0.6) is 0 Å². The van der Waals surface area contributed by atoms with Gasteiger partial charge in [-0.2, -0.15) is 5.10 Å². The molecule has 1 rings (SSSR count). The Morgan fingerprint density at radius 1 is 1.47 bits per heavy atom. The highest BCUT2D eigenvalue weighted by atomic mass is 32.1. The number of aryl methyl sites for hydroxylation is 3. The summed E-state index contributed by atoms with van der Waals surface area (Å²) in [4.78, 5) is 0. The molecule has 0 radical (unpaired) electrons. The van der Waals surface area contributed by atoms with Gasteiger partial charge in [-0.1, -0.05) is 0 Å². The summed E-state index contributed by atoms with van der Waals surface area (Å²) in [5.74, 6) is 0. The van der Waals surface area contributed by atoms with Gasteiger partial charge < -0.3 is 10.6 Å². The van der Waals surface area contributed by atoms with Gasteiger partial charge in [0.2, 0.25) is 0 Å². The van der Waals surface area contributed by atoms with E-state index in [2.05, 4.69) is 42.6 Å². The normalized spacial score (nSPS) is 10.6. The minimum atomic E-state index is 0.381. The van der Waals surface area contributed by atoms with Gasteiger partial charge in [-0.3, -0.25) is 4.68 Å². The molecule has 0 fully saturated rings. The minimum absolute atomic E-state index is 0.381. The van der Waals surface area contributed by atoms with Gasteiger partial charge in [0.25, 0.3) is 0 Å². The average Bonchev–Trinajstić information content (AvgIpc) is 2.51. The zero-order valence-electron chi connectivity index (χ0n) is 11.1. The van der Waals surface area contributed by atoms with E-state index in [-0.39, 0.29) is 0 Å². The Balaban J connectivity index is 2.20. The second-order valence-corrected chi connectivity index (χ2v) is 4.97. The van der Waals surface area contributed by atoms with Crippen molar-refractivity contribution in [3.8, 4) is 0 Å². The van der Waals surface area contributed by atoms with E-state index in [1.807, 2.05) is 11.6 Å². The molecule has 0 aliphatic carbocycles. The Bertz CT molecular complexity index is 371. The van der Waals surface area contributed by atoms with E-state index in [4.69, 9.17) is 12.2 Å². The van der Waals surface area contributed by atoms with Gasteiger partial charge in [0.1, 0.15) is 0 Å². The molecule has 0 spiro atoms. The number of hydrogen-bond donors (Lipinski definition) is 2. The zero-order valence-corrected chi connectivity index (χ0v) is 11.9. The van der Waals surface area contributed by atoms with Gasteiger partial charge in [-0.05, 0) is 52.4 Å². The van der Waals surface area contributed by atoms with Crippen LogP contribution in [0.25, 0.3) is 0 Å². The molecule has 0 atom stereocenters. The van der Waals surface area contributed by atoms with Crippen LogP contribution >= 0.6 is 12.2 Å². The molecule has 0 bridgehead atoms. The van der Waals surface area contributed by atoms with Crippen molar-refractivity contribution in [3.05, 3.63) is 17.5 Å². The van der Waals surface area contributed by atoms with Crippen molar-refractivity contribution in [2.75, 3.05) is 6.54 Å². The van der Waals surface area contributed by atoms with Crippen molar-refractivity contribution in [1.29, 1.82) is 0 Å². The van der Waals surface area contributed by atoms with Gasteiger partial charge in [0, 0.05) is 24.8 Å². The zero-order chi connectivity index (χ0) is 12.8. The molecule has 1 aromatic rings. The van der Waals surface area contributed by atoms with Crippen LogP contribution in [0.1, 0.15) is 31.7 Å². The Morgan fingerprint density at radius 2 is 2.18 bits per heavy atom. The fourth-order valence-electron chi connectivity index (χ4n) is 1.65. The van der Waals surface area contributed by atoms with E-state index >= 15 is 0 Å². The lowest BCUT2D eigenvalue weighted by atomic mass is 10.4. The predicted octanol–water partition coefficient (Wildman–Crippen LogP) is 1.76. The first-order valence-electron chi connectivity index (χ1n) is 6.04. The minimum Gasteiger partial charge on any atom is -0.363 e. The smallest absolute Gasteiger partial charge is 0.166 e. The highest BCUT2D eigenvalue weighted by Gasteiger charge is 2.01. The number of nitrogens with one attached hydrogen (secondary N) is 2. The number of thiocarbonyl (C=S) groups is 1. The topological polar surface area (TPSA) is 41.9 Å². The molecule has 2 N–H and O–H groups in total. The molecule has 0 amide bonds. The average molecular weight is 254 g/mol. The molecular formula is C12H22N4S. The summed E-state index contributed by atoms with van der Waals surface area (Å²) >= 11 is 5.15. The van der Waals surface area contributed by atoms with Crippen LogP contribution < -0.4 is 10.6 Å². The largest absolute Gasteiger partial charge is 0.363 e. The summed E-state index contributed by atoms with van der Waals surface area (Å²) < 4.78 is 2.04. The number of aromatic nitrogens is 2. The molecule has 0 aliphatic heterocycles. The Labute approximate surface area is 109 Å². The standard InChI is InChI=1S/C12H22N4S/c1-9(2)14-12(17)13-6-5-7-16-11(4)8-10(3)15-16/h8-9H,5-7H2,1-4H3,(H2,13,14,17). The first kappa shape index (κ1) is 14.0. The van der Waals surface area contributed by atoms with E-state index in [1.165, 1.54) is 5.69 Å². The number of hydrogen-bond acceptors (Lipinski definition) is 2. The summed E-state index contributed by atoms with van der Waals surface area (Å²) in [6.07, 6.45) is 1.02. The fourth-order valence-corrected chi connectivity index (χ4v) is 1.98. The molecule has 1 aromatic heterocycles. The molecule has 5 heteroatoms. The molecule has 1 heterocycles. The summed E-state index contributed by atoms with van der Waals surface area (Å²) in [5, 5.41) is 11.5. The third-order valence-electron chi connectivity index (χ3n) is 2.36. The van der Waals surface area contributed by atoms with Gasteiger partial charge in [0.05, 0.1) is 5.69 Å². The van der Waals surface area contributed by atoms with Crippen molar-refractivity contribution >= 4 is 17.3 Å². The van der Waals surface area contributed by atoms with Crippen LogP contribution in [0.2, 0.25) is 0 Å². The Hall–Kier alpha value is -1.10. The van der Waals surface area contributed by atoms with E-state index in [9.17, 15) is 0 Å². The monoisotopic (exact) mass is 254 g/mol. The van der Waals surface area contributed by atoms with Crippen molar-refractivity contribution in [2.45, 2.75) is 46.7 Å². The molecule has 0 saturated heterocycles. The third kappa shape index (κ3) is 5.17. The van der Waals surface area contributed by atoms with E-state index in [1.54, 1.807) is 0 Å². The Kier molecular flexibility index (Phi) is 5.41. The summed E-state index contributed by atoms with van der Waals surface area (Å²) in [6.45, 7) is 10.0. The molecule has 0 aliphatic rings. The van der Waals surface area contributed by atoms with Gasteiger partial charge in [-0.25, -0.2) is 0 Å². The van der Waals surface area contributed by atoms with E-state index in [0.29, 0.717) is 6.04 Å². The van der Waals surface area contributed by atoms with Crippen LogP contribution in [0, 0.1) is 13.8 Å². The van der Waals surface area contributed by atoms with Gasteiger partial charge >= 0.3 is 0 Å². The lowest BCUT2D eigenvalue weighted by Crippen LogP contribution is -2.39.